The Morgan fingerprint density at radius 3 is 2.62 bits per heavy atom. The maximum atomic E-state index is 5.67. The standard InChI is InChI=1S/C14H20N2/c1-4-16-9-12(5-6-15)13-8-10(2)7-11(3)14(13)16/h7-9H,4-6,15H2,1-3H3. The van der Waals surface area contributed by atoms with Crippen LogP contribution in [0.3, 0.4) is 0 Å². The fourth-order valence-corrected chi connectivity index (χ4v) is 2.51. The number of hydrogen-bond donors (Lipinski definition) is 1. The minimum Gasteiger partial charge on any atom is -0.347 e. The van der Waals surface area contributed by atoms with E-state index in [9.17, 15) is 0 Å². The van der Waals surface area contributed by atoms with Crippen molar-refractivity contribution in [3.63, 3.8) is 0 Å². The molecule has 0 aliphatic rings. The van der Waals surface area contributed by atoms with Gasteiger partial charge in [-0.1, -0.05) is 11.6 Å². The lowest BCUT2D eigenvalue weighted by Crippen LogP contribution is -2.02. The summed E-state index contributed by atoms with van der Waals surface area (Å²) in [5.74, 6) is 0. The largest absolute Gasteiger partial charge is 0.347 e. The topological polar surface area (TPSA) is 30.9 Å². The molecule has 2 N–H and O–H groups in total. The van der Waals surface area contributed by atoms with Crippen molar-refractivity contribution < 1.29 is 0 Å². The van der Waals surface area contributed by atoms with E-state index in [4.69, 9.17) is 5.73 Å². The first-order chi connectivity index (χ1) is 7.67. The average Bonchev–Trinajstić information content (AvgIpc) is 2.57. The van der Waals surface area contributed by atoms with Crippen LogP contribution in [-0.2, 0) is 13.0 Å². The molecule has 1 aromatic heterocycles. The number of nitrogens with zero attached hydrogens (tertiary/aromatic N) is 1. The number of nitrogens with two attached hydrogens (primary N) is 1. The Hall–Kier alpha value is -1.28. The molecule has 2 nitrogen and oxygen atoms in total. The van der Waals surface area contributed by atoms with Crippen molar-refractivity contribution >= 4 is 10.9 Å². The number of rotatable bonds is 3. The predicted molar refractivity (Wildman–Crippen MR) is 69.8 cm³/mol. The molecule has 0 saturated carbocycles. The Labute approximate surface area is 97.1 Å². The van der Waals surface area contributed by atoms with Crippen LogP contribution in [0.25, 0.3) is 10.9 Å². The van der Waals surface area contributed by atoms with Gasteiger partial charge < -0.3 is 10.3 Å². The van der Waals surface area contributed by atoms with Gasteiger partial charge in [-0.25, -0.2) is 0 Å². The van der Waals surface area contributed by atoms with Crippen LogP contribution in [0, 0.1) is 13.8 Å². The van der Waals surface area contributed by atoms with Crippen LogP contribution in [0.4, 0.5) is 0 Å². The van der Waals surface area contributed by atoms with E-state index in [-0.39, 0.29) is 0 Å². The van der Waals surface area contributed by atoms with Gasteiger partial charge in [-0.15, -0.1) is 0 Å². The first-order valence-corrected chi connectivity index (χ1v) is 5.96. The summed E-state index contributed by atoms with van der Waals surface area (Å²) in [7, 11) is 0. The van der Waals surface area contributed by atoms with Crippen molar-refractivity contribution in [1.29, 1.82) is 0 Å². The van der Waals surface area contributed by atoms with Crippen LogP contribution in [0.15, 0.2) is 18.3 Å². The molecule has 0 bridgehead atoms. The van der Waals surface area contributed by atoms with Crippen LogP contribution >= 0.6 is 0 Å². The molecule has 0 aliphatic carbocycles. The molecule has 0 saturated heterocycles. The maximum Gasteiger partial charge on any atom is 0.0512 e. The van der Waals surface area contributed by atoms with E-state index in [0.717, 1.165) is 19.5 Å². The lowest BCUT2D eigenvalue weighted by atomic mass is 10.0. The molecule has 1 heterocycles. The zero-order chi connectivity index (χ0) is 11.7. The van der Waals surface area contributed by atoms with Crippen LogP contribution in [0.1, 0.15) is 23.6 Å². The van der Waals surface area contributed by atoms with Crippen molar-refractivity contribution in [3.8, 4) is 0 Å². The molecule has 2 rings (SSSR count). The summed E-state index contributed by atoms with van der Waals surface area (Å²) in [5.41, 5.74) is 11.1. The number of aromatic nitrogens is 1. The highest BCUT2D eigenvalue weighted by Crippen LogP contribution is 2.26. The highest BCUT2D eigenvalue weighted by Gasteiger charge is 2.09. The smallest absolute Gasteiger partial charge is 0.0512 e. The number of aryl methyl sites for hydroxylation is 3. The van der Waals surface area contributed by atoms with Crippen molar-refractivity contribution in [1.82, 2.24) is 4.57 Å². The highest BCUT2D eigenvalue weighted by molar-refractivity contribution is 5.87. The Balaban J connectivity index is 2.74. The van der Waals surface area contributed by atoms with E-state index in [0.29, 0.717) is 0 Å². The van der Waals surface area contributed by atoms with Gasteiger partial charge in [0, 0.05) is 18.1 Å². The first-order valence-electron chi connectivity index (χ1n) is 5.96. The van der Waals surface area contributed by atoms with E-state index < -0.39 is 0 Å². The lowest BCUT2D eigenvalue weighted by Gasteiger charge is -2.05. The lowest BCUT2D eigenvalue weighted by molar-refractivity contribution is 0.788. The van der Waals surface area contributed by atoms with Gasteiger partial charge in [-0.3, -0.25) is 0 Å². The molecule has 0 amide bonds. The highest BCUT2D eigenvalue weighted by atomic mass is 14.9. The van der Waals surface area contributed by atoms with Crippen LogP contribution in [-0.4, -0.2) is 11.1 Å². The first kappa shape index (κ1) is 11.2. The summed E-state index contributed by atoms with van der Waals surface area (Å²) >= 11 is 0. The molecule has 2 aromatic rings. The Morgan fingerprint density at radius 2 is 2.00 bits per heavy atom. The monoisotopic (exact) mass is 216 g/mol. The molecule has 86 valence electrons. The van der Waals surface area contributed by atoms with Crippen molar-refractivity contribution in [3.05, 3.63) is 35.0 Å². The number of benzene rings is 1. The molecule has 0 aliphatic heterocycles. The molecule has 1 aromatic carbocycles. The van der Waals surface area contributed by atoms with Crippen molar-refractivity contribution in [2.24, 2.45) is 5.73 Å². The molecule has 0 fully saturated rings. The summed E-state index contributed by atoms with van der Waals surface area (Å²) in [4.78, 5) is 0. The summed E-state index contributed by atoms with van der Waals surface area (Å²) in [6, 6.07) is 4.53. The van der Waals surface area contributed by atoms with Gasteiger partial charge in [0.05, 0.1) is 5.52 Å². The van der Waals surface area contributed by atoms with Gasteiger partial charge >= 0.3 is 0 Å². The molecule has 0 unspecified atom stereocenters. The van der Waals surface area contributed by atoms with Gasteiger partial charge in [0.25, 0.3) is 0 Å². The van der Waals surface area contributed by atoms with Crippen molar-refractivity contribution in [2.45, 2.75) is 33.7 Å². The molecule has 16 heavy (non-hydrogen) atoms. The maximum absolute atomic E-state index is 5.67. The zero-order valence-corrected chi connectivity index (χ0v) is 10.4. The minimum atomic E-state index is 0.718. The van der Waals surface area contributed by atoms with E-state index in [1.165, 1.54) is 27.6 Å². The van der Waals surface area contributed by atoms with E-state index in [2.05, 4.69) is 43.7 Å². The molecule has 2 heteroatoms. The SMILES string of the molecule is CCn1cc(CCN)c2cc(C)cc(C)c21. The third kappa shape index (κ3) is 1.74. The second-order valence-corrected chi connectivity index (χ2v) is 4.46. The van der Waals surface area contributed by atoms with Crippen LogP contribution in [0.2, 0.25) is 0 Å². The Bertz CT molecular complexity index is 509. The molecular weight excluding hydrogens is 196 g/mol. The van der Waals surface area contributed by atoms with Crippen LogP contribution in [0.5, 0.6) is 0 Å². The third-order valence-electron chi connectivity index (χ3n) is 3.14. The van der Waals surface area contributed by atoms with Gasteiger partial charge in [0.1, 0.15) is 0 Å². The zero-order valence-electron chi connectivity index (χ0n) is 10.4. The average molecular weight is 216 g/mol. The normalized spacial score (nSPS) is 11.2. The molecular formula is C14H20N2. The summed E-state index contributed by atoms with van der Waals surface area (Å²) in [6.45, 7) is 8.27. The molecule has 0 atom stereocenters. The summed E-state index contributed by atoms with van der Waals surface area (Å²) in [5, 5.41) is 1.38. The molecule has 0 spiro atoms. The van der Waals surface area contributed by atoms with Gasteiger partial charge in [-0.05, 0) is 50.9 Å². The molecule has 0 radical (unpaired) electrons. The van der Waals surface area contributed by atoms with Gasteiger partial charge in [0.15, 0.2) is 0 Å². The van der Waals surface area contributed by atoms with Crippen LogP contribution < -0.4 is 5.73 Å². The predicted octanol–water partition coefficient (Wildman–Crippen LogP) is 2.78. The van der Waals surface area contributed by atoms with Crippen molar-refractivity contribution in [2.75, 3.05) is 6.54 Å². The van der Waals surface area contributed by atoms with Gasteiger partial charge in [0.2, 0.25) is 0 Å². The van der Waals surface area contributed by atoms with Gasteiger partial charge in [-0.2, -0.15) is 0 Å². The quantitative estimate of drug-likeness (QED) is 0.840. The fraction of sp³-hybridized carbons (Fsp3) is 0.429. The Morgan fingerprint density at radius 1 is 1.25 bits per heavy atom. The fourth-order valence-electron chi connectivity index (χ4n) is 2.51. The second kappa shape index (κ2) is 4.30. The number of fused-ring (bicyclic) bond motifs is 1. The van der Waals surface area contributed by atoms with E-state index >= 15 is 0 Å². The minimum absolute atomic E-state index is 0.718. The third-order valence-corrected chi connectivity index (χ3v) is 3.14. The summed E-state index contributed by atoms with van der Waals surface area (Å²) in [6.07, 6.45) is 3.22. The van der Waals surface area contributed by atoms with E-state index in [1.807, 2.05) is 0 Å². The Kier molecular flexibility index (Phi) is 3.01. The summed E-state index contributed by atoms with van der Waals surface area (Å²) < 4.78 is 2.33. The second-order valence-electron chi connectivity index (χ2n) is 4.46. The van der Waals surface area contributed by atoms with E-state index in [1.54, 1.807) is 0 Å². The number of hydrogen-bond acceptors (Lipinski definition) is 1.